The van der Waals surface area contributed by atoms with Crippen LogP contribution in [-0.4, -0.2) is 18.6 Å². The van der Waals surface area contributed by atoms with Crippen LogP contribution in [-0.2, 0) is 0 Å². The maximum absolute atomic E-state index is 12.2. The molecule has 0 atom stereocenters. The van der Waals surface area contributed by atoms with E-state index in [1.54, 1.807) is 18.2 Å². The summed E-state index contributed by atoms with van der Waals surface area (Å²) in [5.41, 5.74) is 7.00. The molecule has 1 fully saturated rings. The van der Waals surface area contributed by atoms with Crippen LogP contribution in [0.4, 0.5) is 5.69 Å². The number of ether oxygens (including phenoxy) is 1. The highest BCUT2D eigenvalue weighted by Gasteiger charge is 2.20. The first-order valence-corrected chi connectivity index (χ1v) is 7.43. The Bertz CT molecular complexity index is 466. The molecule has 0 spiro atoms. The Morgan fingerprint density at radius 3 is 2.65 bits per heavy atom. The maximum atomic E-state index is 12.2. The molecule has 110 valence electrons. The first-order chi connectivity index (χ1) is 9.60. The Morgan fingerprint density at radius 2 is 2.05 bits per heavy atom. The van der Waals surface area contributed by atoms with Crippen molar-refractivity contribution in [3.8, 4) is 5.75 Å². The fourth-order valence-corrected chi connectivity index (χ4v) is 2.65. The lowest BCUT2D eigenvalue weighted by atomic mass is 9.87. The van der Waals surface area contributed by atoms with Gasteiger partial charge < -0.3 is 15.8 Å². The minimum atomic E-state index is -0.0423. The van der Waals surface area contributed by atoms with Crippen LogP contribution in [0.25, 0.3) is 0 Å². The molecule has 0 aliphatic heterocycles. The van der Waals surface area contributed by atoms with Crippen molar-refractivity contribution in [3.05, 3.63) is 23.8 Å². The fourth-order valence-electron chi connectivity index (χ4n) is 2.65. The van der Waals surface area contributed by atoms with Gasteiger partial charge in [-0.2, -0.15) is 0 Å². The summed E-state index contributed by atoms with van der Waals surface area (Å²) in [6.07, 6.45) is 4.52. The quantitative estimate of drug-likeness (QED) is 0.831. The number of nitrogens with one attached hydrogen (secondary N) is 1. The van der Waals surface area contributed by atoms with E-state index < -0.39 is 0 Å². The van der Waals surface area contributed by atoms with Gasteiger partial charge in [0.15, 0.2) is 0 Å². The summed E-state index contributed by atoms with van der Waals surface area (Å²) in [6, 6.07) is 5.51. The van der Waals surface area contributed by atoms with Gasteiger partial charge in [0.1, 0.15) is 5.75 Å². The van der Waals surface area contributed by atoms with E-state index in [0.29, 0.717) is 29.6 Å². The van der Waals surface area contributed by atoms with E-state index >= 15 is 0 Å². The molecule has 1 aliphatic carbocycles. The van der Waals surface area contributed by atoms with Crippen LogP contribution in [0.1, 0.15) is 49.9 Å². The molecule has 2 rings (SSSR count). The summed E-state index contributed by atoms with van der Waals surface area (Å²) < 4.78 is 5.38. The Labute approximate surface area is 120 Å². The van der Waals surface area contributed by atoms with Crippen LogP contribution in [0.5, 0.6) is 5.75 Å². The number of hydrogen-bond donors (Lipinski definition) is 2. The van der Waals surface area contributed by atoms with Crippen LogP contribution in [0, 0.1) is 5.92 Å². The van der Waals surface area contributed by atoms with E-state index in [4.69, 9.17) is 10.5 Å². The summed E-state index contributed by atoms with van der Waals surface area (Å²) in [7, 11) is 0. The molecule has 0 saturated heterocycles. The zero-order valence-corrected chi connectivity index (χ0v) is 12.3. The average molecular weight is 276 g/mol. The molecule has 0 radical (unpaired) electrons. The van der Waals surface area contributed by atoms with E-state index in [1.807, 2.05) is 6.92 Å². The van der Waals surface area contributed by atoms with Gasteiger partial charge in [0.2, 0.25) is 0 Å². The van der Waals surface area contributed by atoms with Crippen molar-refractivity contribution < 1.29 is 9.53 Å². The van der Waals surface area contributed by atoms with Crippen molar-refractivity contribution in [1.29, 1.82) is 0 Å². The van der Waals surface area contributed by atoms with Crippen molar-refractivity contribution in [1.82, 2.24) is 5.32 Å². The molecule has 4 heteroatoms. The molecule has 1 aromatic rings. The van der Waals surface area contributed by atoms with Gasteiger partial charge >= 0.3 is 0 Å². The predicted octanol–water partition coefficient (Wildman–Crippen LogP) is 2.98. The molecule has 3 N–H and O–H groups in total. The number of nitrogen functional groups attached to an aromatic ring is 1. The highest BCUT2D eigenvalue weighted by molar-refractivity contribution is 5.95. The van der Waals surface area contributed by atoms with Crippen LogP contribution >= 0.6 is 0 Å². The number of benzene rings is 1. The SMILES string of the molecule is CCOc1ccc(C(=O)NC2CCC(C)CC2)cc1N. The van der Waals surface area contributed by atoms with E-state index in [-0.39, 0.29) is 5.91 Å². The number of anilines is 1. The first-order valence-electron chi connectivity index (χ1n) is 7.43. The van der Waals surface area contributed by atoms with Gasteiger partial charge in [-0.15, -0.1) is 0 Å². The molecule has 0 bridgehead atoms. The van der Waals surface area contributed by atoms with Gasteiger partial charge in [-0.3, -0.25) is 4.79 Å². The number of amides is 1. The Hall–Kier alpha value is -1.71. The van der Waals surface area contributed by atoms with Crippen molar-refractivity contribution >= 4 is 11.6 Å². The van der Waals surface area contributed by atoms with Crippen molar-refractivity contribution in [2.45, 2.75) is 45.6 Å². The summed E-state index contributed by atoms with van der Waals surface area (Å²) in [4.78, 5) is 12.2. The lowest BCUT2D eigenvalue weighted by Crippen LogP contribution is -2.37. The first kappa shape index (κ1) is 14.7. The molecular formula is C16H24N2O2. The molecular weight excluding hydrogens is 252 g/mol. The highest BCUT2D eigenvalue weighted by atomic mass is 16.5. The second-order valence-corrected chi connectivity index (χ2v) is 5.62. The third-order valence-electron chi connectivity index (χ3n) is 3.92. The zero-order chi connectivity index (χ0) is 14.5. The zero-order valence-electron chi connectivity index (χ0n) is 12.3. The second kappa shape index (κ2) is 6.64. The standard InChI is InChI=1S/C16H24N2O2/c1-3-20-15-9-6-12(10-14(15)17)16(19)18-13-7-4-11(2)5-8-13/h6,9-11,13H,3-5,7-8,17H2,1-2H3,(H,18,19). The molecule has 1 amide bonds. The van der Waals surface area contributed by atoms with E-state index in [1.165, 1.54) is 12.8 Å². The molecule has 4 nitrogen and oxygen atoms in total. The number of carbonyl (C=O) groups excluding carboxylic acids is 1. The van der Waals surface area contributed by atoms with E-state index in [2.05, 4.69) is 12.2 Å². The van der Waals surface area contributed by atoms with Gasteiger partial charge in [-0.25, -0.2) is 0 Å². The van der Waals surface area contributed by atoms with Gasteiger partial charge in [-0.05, 0) is 56.7 Å². The fraction of sp³-hybridized carbons (Fsp3) is 0.562. The highest BCUT2D eigenvalue weighted by Crippen LogP contribution is 2.25. The van der Waals surface area contributed by atoms with Gasteiger partial charge in [0.25, 0.3) is 5.91 Å². The number of nitrogens with two attached hydrogens (primary N) is 1. The van der Waals surface area contributed by atoms with Crippen LogP contribution in [0.15, 0.2) is 18.2 Å². The monoisotopic (exact) mass is 276 g/mol. The Kier molecular flexibility index (Phi) is 4.88. The number of carbonyl (C=O) groups is 1. The van der Waals surface area contributed by atoms with Crippen molar-refractivity contribution in [2.75, 3.05) is 12.3 Å². The normalized spacial score (nSPS) is 22.3. The molecule has 1 aromatic carbocycles. The van der Waals surface area contributed by atoms with Gasteiger partial charge in [-0.1, -0.05) is 6.92 Å². The topological polar surface area (TPSA) is 64.3 Å². The molecule has 0 aromatic heterocycles. The Balaban J connectivity index is 1.97. The average Bonchev–Trinajstić information content (AvgIpc) is 2.44. The minimum Gasteiger partial charge on any atom is -0.492 e. The Morgan fingerprint density at radius 1 is 1.35 bits per heavy atom. The summed E-state index contributed by atoms with van der Waals surface area (Å²) in [5.74, 6) is 1.37. The summed E-state index contributed by atoms with van der Waals surface area (Å²) >= 11 is 0. The molecule has 20 heavy (non-hydrogen) atoms. The van der Waals surface area contributed by atoms with Gasteiger partial charge in [0.05, 0.1) is 12.3 Å². The van der Waals surface area contributed by atoms with E-state index in [9.17, 15) is 4.79 Å². The van der Waals surface area contributed by atoms with Crippen LogP contribution in [0.2, 0.25) is 0 Å². The van der Waals surface area contributed by atoms with Gasteiger partial charge in [0, 0.05) is 11.6 Å². The minimum absolute atomic E-state index is 0.0423. The van der Waals surface area contributed by atoms with Crippen molar-refractivity contribution in [2.24, 2.45) is 5.92 Å². The van der Waals surface area contributed by atoms with E-state index in [0.717, 1.165) is 18.8 Å². The predicted molar refractivity (Wildman–Crippen MR) is 80.9 cm³/mol. The van der Waals surface area contributed by atoms with Crippen molar-refractivity contribution in [3.63, 3.8) is 0 Å². The largest absolute Gasteiger partial charge is 0.492 e. The summed E-state index contributed by atoms with van der Waals surface area (Å²) in [5, 5.41) is 3.10. The van der Waals surface area contributed by atoms with Crippen LogP contribution < -0.4 is 15.8 Å². The third-order valence-corrected chi connectivity index (χ3v) is 3.92. The molecule has 1 saturated carbocycles. The number of hydrogen-bond acceptors (Lipinski definition) is 3. The lowest BCUT2D eigenvalue weighted by molar-refractivity contribution is 0.0923. The molecule has 0 heterocycles. The maximum Gasteiger partial charge on any atom is 0.251 e. The number of rotatable bonds is 4. The summed E-state index contributed by atoms with van der Waals surface area (Å²) in [6.45, 7) is 4.74. The second-order valence-electron chi connectivity index (χ2n) is 5.62. The molecule has 0 unspecified atom stereocenters. The lowest BCUT2D eigenvalue weighted by Gasteiger charge is -2.27. The van der Waals surface area contributed by atoms with Crippen LogP contribution in [0.3, 0.4) is 0 Å². The smallest absolute Gasteiger partial charge is 0.251 e. The third kappa shape index (κ3) is 3.65. The molecule has 1 aliphatic rings.